The van der Waals surface area contributed by atoms with Crippen molar-refractivity contribution >= 4 is 11.6 Å². The zero-order chi connectivity index (χ0) is 17.9. The van der Waals surface area contributed by atoms with E-state index in [1.54, 1.807) is 0 Å². The van der Waals surface area contributed by atoms with Crippen LogP contribution in [0.1, 0.15) is 60.3 Å². The molecule has 2 rings (SSSR count). The fraction of sp³-hybridized carbons (Fsp3) is 0.333. The van der Waals surface area contributed by atoms with Gasteiger partial charge < -0.3 is 0 Å². The average Bonchev–Trinajstić information content (AvgIpc) is 2.51. The Labute approximate surface area is 144 Å². The lowest BCUT2D eigenvalue weighted by Gasteiger charge is -2.18. The molecule has 0 atom stereocenters. The lowest BCUT2D eigenvalue weighted by atomic mass is 9.87. The van der Waals surface area contributed by atoms with Crippen LogP contribution in [0, 0.1) is 13.8 Å². The molecule has 2 aromatic carbocycles. The third-order valence-electron chi connectivity index (χ3n) is 4.11. The molecule has 0 saturated carbocycles. The molecule has 0 radical (unpaired) electrons. The van der Waals surface area contributed by atoms with Gasteiger partial charge in [-0.15, -0.1) is 0 Å². The minimum atomic E-state index is -0.195. The second-order valence-corrected chi connectivity index (χ2v) is 7.28. The number of hydrogen-bond donors (Lipinski definition) is 1. The third-order valence-corrected chi connectivity index (χ3v) is 4.11. The van der Waals surface area contributed by atoms with E-state index in [1.165, 1.54) is 11.1 Å². The van der Waals surface area contributed by atoms with Gasteiger partial charge in [0.2, 0.25) is 0 Å². The third kappa shape index (κ3) is 4.31. The molecule has 0 unspecified atom stereocenters. The van der Waals surface area contributed by atoms with E-state index in [2.05, 4.69) is 44.3 Å². The summed E-state index contributed by atoms with van der Waals surface area (Å²) in [7, 11) is 0. The lowest BCUT2D eigenvalue weighted by molar-refractivity contribution is 0.0955. The van der Waals surface area contributed by atoms with Gasteiger partial charge in [0.15, 0.2) is 0 Å². The number of carbonyl (C=O) groups is 1. The zero-order valence-electron chi connectivity index (χ0n) is 15.4. The molecule has 1 N–H and O–H groups in total. The molecule has 0 heterocycles. The average molecular weight is 322 g/mol. The van der Waals surface area contributed by atoms with Crippen LogP contribution in [0.2, 0.25) is 0 Å². The van der Waals surface area contributed by atoms with Gasteiger partial charge in [-0.1, -0.05) is 56.7 Å². The predicted octanol–water partition coefficient (Wildman–Crippen LogP) is 4.75. The van der Waals surface area contributed by atoms with E-state index < -0.39 is 0 Å². The van der Waals surface area contributed by atoms with Gasteiger partial charge in [-0.3, -0.25) is 4.79 Å². The number of nitrogens with one attached hydrogen (secondary N) is 1. The van der Waals surface area contributed by atoms with Gasteiger partial charge in [0, 0.05) is 11.1 Å². The Balaban J connectivity index is 2.11. The van der Waals surface area contributed by atoms with Gasteiger partial charge in [-0.05, 0) is 49.4 Å². The number of benzene rings is 2. The van der Waals surface area contributed by atoms with Crippen molar-refractivity contribution in [1.82, 2.24) is 5.43 Å². The van der Waals surface area contributed by atoms with E-state index in [1.807, 2.05) is 50.2 Å². The first-order valence-electron chi connectivity index (χ1n) is 8.21. The largest absolute Gasteiger partial charge is 0.271 e. The number of amides is 1. The van der Waals surface area contributed by atoms with E-state index in [9.17, 15) is 4.79 Å². The van der Waals surface area contributed by atoms with E-state index in [0.717, 1.165) is 16.8 Å². The Morgan fingerprint density at radius 3 is 2.17 bits per heavy atom. The molecule has 3 heteroatoms. The van der Waals surface area contributed by atoms with Crippen molar-refractivity contribution in [2.75, 3.05) is 0 Å². The first kappa shape index (κ1) is 17.9. The van der Waals surface area contributed by atoms with Crippen LogP contribution < -0.4 is 5.43 Å². The number of carbonyl (C=O) groups excluding carboxylic acids is 1. The Morgan fingerprint density at radius 2 is 1.62 bits per heavy atom. The van der Waals surface area contributed by atoms with Crippen molar-refractivity contribution in [2.45, 2.75) is 47.0 Å². The summed E-state index contributed by atoms with van der Waals surface area (Å²) in [6.45, 7) is 12.5. The van der Waals surface area contributed by atoms with Gasteiger partial charge >= 0.3 is 0 Å². The Kier molecular flexibility index (Phi) is 5.23. The van der Waals surface area contributed by atoms with Crippen molar-refractivity contribution in [3.63, 3.8) is 0 Å². The molecule has 0 aliphatic rings. The molecule has 3 nitrogen and oxygen atoms in total. The highest BCUT2D eigenvalue weighted by Crippen LogP contribution is 2.22. The first-order valence-corrected chi connectivity index (χ1v) is 8.21. The van der Waals surface area contributed by atoms with Crippen molar-refractivity contribution in [2.24, 2.45) is 5.10 Å². The van der Waals surface area contributed by atoms with Gasteiger partial charge in [0.1, 0.15) is 0 Å². The molecular formula is C21H26N2O. The van der Waals surface area contributed by atoms with Crippen LogP contribution in [0.25, 0.3) is 0 Å². The summed E-state index contributed by atoms with van der Waals surface area (Å²) in [5.74, 6) is -0.195. The summed E-state index contributed by atoms with van der Waals surface area (Å²) in [4.78, 5) is 12.3. The highest BCUT2D eigenvalue weighted by molar-refractivity contribution is 6.01. The molecule has 0 fully saturated rings. The number of nitrogens with zero attached hydrogens (tertiary/aromatic N) is 1. The maximum atomic E-state index is 12.3. The first-order chi connectivity index (χ1) is 11.2. The van der Waals surface area contributed by atoms with E-state index in [4.69, 9.17) is 0 Å². The maximum Gasteiger partial charge on any atom is 0.271 e. The molecule has 0 aliphatic heterocycles. The second kappa shape index (κ2) is 7.00. The van der Waals surface area contributed by atoms with E-state index in [0.29, 0.717) is 5.56 Å². The summed E-state index contributed by atoms with van der Waals surface area (Å²) in [6.07, 6.45) is 0. The standard InChI is InChI=1S/C21H26N2O/c1-14-7-12-19(15(2)13-14)16(3)22-23-20(24)17-8-10-18(11-9-17)21(4,5)6/h7-13H,1-6H3,(H,23,24). The summed E-state index contributed by atoms with van der Waals surface area (Å²) in [6, 6.07) is 13.9. The number of rotatable bonds is 3. The Morgan fingerprint density at radius 1 is 1.00 bits per heavy atom. The fourth-order valence-electron chi connectivity index (χ4n) is 2.60. The highest BCUT2D eigenvalue weighted by Gasteiger charge is 2.14. The SMILES string of the molecule is CC(=NNC(=O)c1ccc(C(C)(C)C)cc1)c1ccc(C)cc1C. The molecule has 0 aliphatic carbocycles. The van der Waals surface area contributed by atoms with Crippen molar-refractivity contribution in [1.29, 1.82) is 0 Å². The van der Waals surface area contributed by atoms with Crippen molar-refractivity contribution in [3.8, 4) is 0 Å². The van der Waals surface area contributed by atoms with E-state index >= 15 is 0 Å². The van der Waals surface area contributed by atoms with Crippen molar-refractivity contribution < 1.29 is 4.79 Å². The molecule has 126 valence electrons. The monoisotopic (exact) mass is 322 g/mol. The smallest absolute Gasteiger partial charge is 0.267 e. The fourth-order valence-corrected chi connectivity index (χ4v) is 2.60. The lowest BCUT2D eigenvalue weighted by Crippen LogP contribution is -2.20. The highest BCUT2D eigenvalue weighted by atomic mass is 16.2. The number of hydrogen-bond acceptors (Lipinski definition) is 2. The van der Waals surface area contributed by atoms with Crippen molar-refractivity contribution in [3.05, 3.63) is 70.3 Å². The van der Waals surface area contributed by atoms with Crippen LogP contribution in [-0.4, -0.2) is 11.6 Å². The minimum absolute atomic E-state index is 0.0761. The molecular weight excluding hydrogens is 296 g/mol. The second-order valence-electron chi connectivity index (χ2n) is 7.28. The zero-order valence-corrected chi connectivity index (χ0v) is 15.4. The van der Waals surface area contributed by atoms with Crippen LogP contribution in [0.4, 0.5) is 0 Å². The molecule has 0 spiro atoms. The van der Waals surface area contributed by atoms with Crippen LogP contribution in [0.3, 0.4) is 0 Å². The molecule has 0 bridgehead atoms. The normalized spacial score (nSPS) is 12.2. The van der Waals surface area contributed by atoms with E-state index in [-0.39, 0.29) is 11.3 Å². The van der Waals surface area contributed by atoms with Crippen LogP contribution in [0.5, 0.6) is 0 Å². The molecule has 24 heavy (non-hydrogen) atoms. The predicted molar refractivity (Wildman–Crippen MR) is 101 cm³/mol. The Bertz CT molecular complexity index is 765. The van der Waals surface area contributed by atoms with Crippen LogP contribution in [0.15, 0.2) is 47.6 Å². The molecule has 0 saturated heterocycles. The molecule has 0 aromatic heterocycles. The van der Waals surface area contributed by atoms with Crippen LogP contribution >= 0.6 is 0 Å². The Hall–Kier alpha value is -2.42. The quantitative estimate of drug-likeness (QED) is 0.643. The molecule has 1 amide bonds. The number of aryl methyl sites for hydroxylation is 2. The molecule has 2 aromatic rings. The van der Waals surface area contributed by atoms with Gasteiger partial charge in [0.05, 0.1) is 5.71 Å². The van der Waals surface area contributed by atoms with Gasteiger partial charge in [-0.2, -0.15) is 5.10 Å². The summed E-state index contributed by atoms with van der Waals surface area (Å²) >= 11 is 0. The number of hydrazone groups is 1. The maximum absolute atomic E-state index is 12.3. The minimum Gasteiger partial charge on any atom is -0.267 e. The summed E-state index contributed by atoms with van der Waals surface area (Å²) in [5, 5.41) is 4.25. The topological polar surface area (TPSA) is 41.5 Å². The summed E-state index contributed by atoms with van der Waals surface area (Å²) in [5.41, 5.74) is 8.75. The summed E-state index contributed by atoms with van der Waals surface area (Å²) < 4.78 is 0. The van der Waals surface area contributed by atoms with Gasteiger partial charge in [-0.25, -0.2) is 5.43 Å². The van der Waals surface area contributed by atoms with Crippen LogP contribution in [-0.2, 0) is 5.41 Å². The van der Waals surface area contributed by atoms with Gasteiger partial charge in [0.25, 0.3) is 5.91 Å².